The van der Waals surface area contributed by atoms with Crippen LogP contribution in [-0.2, 0) is 19.0 Å². The van der Waals surface area contributed by atoms with Gasteiger partial charge in [0.15, 0.2) is 0 Å². The second-order valence-electron chi connectivity index (χ2n) is 4.28. The van der Waals surface area contributed by atoms with Crippen LogP contribution < -0.4 is 0 Å². The zero-order valence-corrected chi connectivity index (χ0v) is 8.75. The quantitative estimate of drug-likeness (QED) is 0.500. The number of hydrogen-bond donors (Lipinski definition) is 1. The van der Waals surface area contributed by atoms with Crippen LogP contribution in [0.15, 0.2) is 24.0 Å². The zero-order chi connectivity index (χ0) is 11.3. The minimum atomic E-state index is -1.01. The highest BCUT2D eigenvalue weighted by Crippen LogP contribution is 2.48. The molecule has 5 nitrogen and oxygen atoms in total. The van der Waals surface area contributed by atoms with Crippen LogP contribution in [0.1, 0.15) is 0 Å². The standard InChI is InChI=1S/C11H12O5/c1-14-9(12)7-4-15-10-8-6(7)2-3-11(8,13)5-16-10/h2-4,6,8,10,13H,5H2,1H3/t6?,8?,10?,11-/m1/s1. The highest BCUT2D eigenvalue weighted by atomic mass is 16.7. The molecule has 0 aromatic rings. The molecule has 3 unspecified atom stereocenters. The van der Waals surface area contributed by atoms with Gasteiger partial charge in [-0.25, -0.2) is 4.79 Å². The Bertz CT molecular complexity index is 399. The van der Waals surface area contributed by atoms with E-state index >= 15 is 0 Å². The lowest BCUT2D eigenvalue weighted by Gasteiger charge is -2.31. The smallest absolute Gasteiger partial charge is 0.337 e. The predicted octanol–water partition coefficient (Wildman–Crippen LogP) is -0.0369. The molecular formula is C11H12O5. The van der Waals surface area contributed by atoms with E-state index in [0.29, 0.717) is 5.57 Å². The molecule has 0 bridgehead atoms. The third-order valence-electron chi connectivity index (χ3n) is 3.44. The fourth-order valence-corrected chi connectivity index (χ4v) is 2.62. The molecule has 0 radical (unpaired) electrons. The van der Waals surface area contributed by atoms with Gasteiger partial charge in [-0.2, -0.15) is 0 Å². The Morgan fingerprint density at radius 3 is 3.25 bits per heavy atom. The van der Waals surface area contributed by atoms with Crippen molar-refractivity contribution >= 4 is 5.97 Å². The van der Waals surface area contributed by atoms with Crippen molar-refractivity contribution < 1.29 is 24.1 Å². The van der Waals surface area contributed by atoms with Crippen molar-refractivity contribution in [3.63, 3.8) is 0 Å². The van der Waals surface area contributed by atoms with Crippen LogP contribution in [0.5, 0.6) is 0 Å². The Labute approximate surface area is 92.3 Å². The minimum Gasteiger partial charge on any atom is -0.471 e. The van der Waals surface area contributed by atoms with Crippen molar-refractivity contribution in [3.8, 4) is 0 Å². The van der Waals surface area contributed by atoms with E-state index in [1.807, 2.05) is 6.08 Å². The number of aliphatic hydroxyl groups is 1. The molecule has 0 saturated carbocycles. The predicted molar refractivity (Wildman–Crippen MR) is 52.0 cm³/mol. The minimum absolute atomic E-state index is 0.182. The Morgan fingerprint density at radius 2 is 2.50 bits per heavy atom. The van der Waals surface area contributed by atoms with Gasteiger partial charge in [0.2, 0.25) is 6.29 Å². The van der Waals surface area contributed by atoms with Gasteiger partial charge in [0.1, 0.15) is 5.60 Å². The average Bonchev–Trinajstić information content (AvgIpc) is 2.81. The first kappa shape index (κ1) is 9.86. The molecular weight excluding hydrogens is 212 g/mol. The lowest BCUT2D eigenvalue weighted by atomic mass is 9.81. The number of ether oxygens (including phenoxy) is 3. The van der Waals surface area contributed by atoms with Gasteiger partial charge in [-0.15, -0.1) is 0 Å². The summed E-state index contributed by atoms with van der Waals surface area (Å²) in [5, 5.41) is 10.2. The van der Waals surface area contributed by atoms with Crippen LogP contribution in [0.3, 0.4) is 0 Å². The summed E-state index contributed by atoms with van der Waals surface area (Å²) >= 11 is 0. The van der Waals surface area contributed by atoms with E-state index in [4.69, 9.17) is 9.47 Å². The lowest BCUT2D eigenvalue weighted by Crippen LogP contribution is -2.41. The van der Waals surface area contributed by atoms with Crippen LogP contribution in [0.25, 0.3) is 0 Å². The molecule has 2 heterocycles. The van der Waals surface area contributed by atoms with Crippen LogP contribution in [-0.4, -0.2) is 36.7 Å². The van der Waals surface area contributed by atoms with Gasteiger partial charge in [0.25, 0.3) is 0 Å². The molecule has 5 heteroatoms. The molecule has 1 N–H and O–H groups in total. The molecule has 16 heavy (non-hydrogen) atoms. The maximum Gasteiger partial charge on any atom is 0.337 e. The van der Waals surface area contributed by atoms with E-state index in [9.17, 15) is 9.90 Å². The summed E-state index contributed by atoms with van der Waals surface area (Å²) in [6, 6.07) is 0. The van der Waals surface area contributed by atoms with Crippen LogP contribution >= 0.6 is 0 Å². The summed E-state index contributed by atoms with van der Waals surface area (Å²) in [4.78, 5) is 11.5. The number of allylic oxidation sites excluding steroid dienone is 1. The zero-order valence-electron chi connectivity index (χ0n) is 8.75. The monoisotopic (exact) mass is 224 g/mol. The van der Waals surface area contributed by atoms with Gasteiger partial charge in [-0.1, -0.05) is 12.2 Å². The molecule has 2 aliphatic heterocycles. The van der Waals surface area contributed by atoms with Crippen molar-refractivity contribution in [2.24, 2.45) is 11.8 Å². The van der Waals surface area contributed by atoms with Crippen molar-refractivity contribution in [1.82, 2.24) is 0 Å². The van der Waals surface area contributed by atoms with Gasteiger partial charge < -0.3 is 19.3 Å². The Kier molecular flexibility index (Phi) is 1.90. The van der Waals surface area contributed by atoms with Crippen LogP contribution in [0.4, 0.5) is 0 Å². The highest BCUT2D eigenvalue weighted by Gasteiger charge is 2.58. The lowest BCUT2D eigenvalue weighted by molar-refractivity contribution is -0.141. The van der Waals surface area contributed by atoms with Gasteiger partial charge in [0, 0.05) is 5.92 Å². The SMILES string of the molecule is COC(=O)C1=COC2OC[C@]3(O)C=CC1C23. The molecule has 4 atom stereocenters. The fraction of sp³-hybridized carbons (Fsp3) is 0.545. The average molecular weight is 224 g/mol. The van der Waals surface area contributed by atoms with E-state index in [0.717, 1.165) is 0 Å². The van der Waals surface area contributed by atoms with Crippen LogP contribution in [0.2, 0.25) is 0 Å². The molecule has 3 aliphatic rings. The first-order valence-electron chi connectivity index (χ1n) is 5.13. The van der Waals surface area contributed by atoms with Gasteiger partial charge in [0.05, 0.1) is 31.5 Å². The highest BCUT2D eigenvalue weighted by molar-refractivity contribution is 5.89. The maximum atomic E-state index is 11.5. The summed E-state index contributed by atoms with van der Waals surface area (Å²) in [5.74, 6) is -0.852. The van der Waals surface area contributed by atoms with E-state index in [1.54, 1.807) is 6.08 Å². The van der Waals surface area contributed by atoms with Crippen molar-refractivity contribution in [2.45, 2.75) is 11.9 Å². The van der Waals surface area contributed by atoms with Gasteiger partial charge in [-0.05, 0) is 0 Å². The second-order valence-corrected chi connectivity index (χ2v) is 4.28. The molecule has 0 amide bonds. The van der Waals surface area contributed by atoms with E-state index < -0.39 is 17.9 Å². The second kappa shape index (κ2) is 3.09. The molecule has 3 rings (SSSR count). The molecule has 0 aromatic carbocycles. The molecule has 1 saturated heterocycles. The summed E-state index contributed by atoms with van der Waals surface area (Å²) in [7, 11) is 1.32. The van der Waals surface area contributed by atoms with Crippen molar-refractivity contribution in [1.29, 1.82) is 0 Å². The third kappa shape index (κ3) is 1.10. The van der Waals surface area contributed by atoms with E-state index in [2.05, 4.69) is 4.74 Å². The molecule has 86 valence electrons. The number of hydrogen-bond acceptors (Lipinski definition) is 5. The maximum absolute atomic E-state index is 11.5. The molecule has 0 aromatic heterocycles. The van der Waals surface area contributed by atoms with Crippen molar-refractivity contribution in [2.75, 3.05) is 13.7 Å². The largest absolute Gasteiger partial charge is 0.471 e. The fourth-order valence-electron chi connectivity index (χ4n) is 2.62. The number of carbonyl (C=O) groups excluding carboxylic acids is 1. The number of carbonyl (C=O) groups is 1. The number of methoxy groups -OCH3 is 1. The topological polar surface area (TPSA) is 65.0 Å². The van der Waals surface area contributed by atoms with Crippen LogP contribution in [0, 0.1) is 11.8 Å². The summed E-state index contributed by atoms with van der Waals surface area (Å²) in [6.07, 6.45) is 4.41. The number of esters is 1. The van der Waals surface area contributed by atoms with Gasteiger partial charge in [-0.3, -0.25) is 0 Å². The first-order valence-corrected chi connectivity index (χ1v) is 5.13. The normalized spacial score (nSPS) is 43.6. The van der Waals surface area contributed by atoms with Gasteiger partial charge >= 0.3 is 5.97 Å². The van der Waals surface area contributed by atoms with Crippen molar-refractivity contribution in [3.05, 3.63) is 24.0 Å². The number of rotatable bonds is 1. The Hall–Kier alpha value is -1.33. The van der Waals surface area contributed by atoms with E-state index in [1.165, 1.54) is 13.4 Å². The third-order valence-corrected chi connectivity index (χ3v) is 3.44. The Balaban J connectivity index is 1.98. The summed E-state index contributed by atoms with van der Waals surface area (Å²) in [5.41, 5.74) is -0.579. The Morgan fingerprint density at radius 1 is 1.69 bits per heavy atom. The first-order chi connectivity index (χ1) is 7.65. The van der Waals surface area contributed by atoms with E-state index in [-0.39, 0.29) is 18.4 Å². The summed E-state index contributed by atoms with van der Waals surface area (Å²) < 4.78 is 15.3. The molecule has 1 aliphatic carbocycles. The molecule has 1 fully saturated rings. The molecule has 0 spiro atoms. The summed E-state index contributed by atoms with van der Waals surface area (Å²) in [6.45, 7) is 0.206.